The van der Waals surface area contributed by atoms with Gasteiger partial charge in [0.05, 0.1) is 18.1 Å². The number of nitrogens with one attached hydrogen (secondary N) is 1. The lowest BCUT2D eigenvalue weighted by molar-refractivity contribution is -0.117. The molecule has 13 heavy (non-hydrogen) atoms. The Morgan fingerprint density at radius 2 is 2.15 bits per heavy atom. The van der Waals surface area contributed by atoms with E-state index < -0.39 is 0 Å². The van der Waals surface area contributed by atoms with Crippen LogP contribution >= 0.6 is 0 Å². The molecule has 1 N–H and O–H groups in total. The zero-order chi connectivity index (χ0) is 9.26. The highest BCUT2D eigenvalue weighted by molar-refractivity contribution is 5.94. The molecule has 0 unspecified atom stereocenters. The number of rotatable bonds is 2. The van der Waals surface area contributed by atoms with Crippen LogP contribution in [0.1, 0.15) is 13.3 Å². The summed E-state index contributed by atoms with van der Waals surface area (Å²) in [4.78, 5) is 19.0. The number of aromatic nitrogens is 2. The number of nitrogens with zero attached hydrogens (tertiary/aromatic N) is 2. The van der Waals surface area contributed by atoms with Gasteiger partial charge in [-0.15, -0.1) is 0 Å². The van der Waals surface area contributed by atoms with Crippen LogP contribution in [0.4, 0.5) is 5.69 Å². The van der Waals surface area contributed by atoms with Gasteiger partial charge in [0.2, 0.25) is 5.91 Å². The van der Waals surface area contributed by atoms with Crippen LogP contribution in [0.5, 0.6) is 0 Å². The van der Waals surface area contributed by atoms with Gasteiger partial charge < -0.3 is 5.32 Å². The SMILES string of the molecule is C[C@@H]1C[C@H]1C(=O)Nc1cncnc1. The van der Waals surface area contributed by atoms with Crippen LogP contribution in [-0.4, -0.2) is 15.9 Å². The van der Waals surface area contributed by atoms with E-state index in [2.05, 4.69) is 22.2 Å². The van der Waals surface area contributed by atoms with E-state index in [0.29, 0.717) is 11.6 Å². The molecule has 68 valence electrons. The maximum absolute atomic E-state index is 11.4. The zero-order valence-corrected chi connectivity index (χ0v) is 7.40. The molecule has 0 aliphatic heterocycles. The van der Waals surface area contributed by atoms with E-state index in [-0.39, 0.29) is 11.8 Å². The number of hydrogen-bond acceptors (Lipinski definition) is 3. The second-order valence-corrected chi connectivity index (χ2v) is 3.44. The highest BCUT2D eigenvalue weighted by Crippen LogP contribution is 2.38. The highest BCUT2D eigenvalue weighted by Gasteiger charge is 2.39. The Morgan fingerprint density at radius 3 is 2.69 bits per heavy atom. The van der Waals surface area contributed by atoms with Crippen LogP contribution < -0.4 is 5.32 Å². The van der Waals surface area contributed by atoms with Gasteiger partial charge in [0.1, 0.15) is 6.33 Å². The minimum atomic E-state index is 0.0855. The van der Waals surface area contributed by atoms with Crippen molar-refractivity contribution >= 4 is 11.6 Å². The summed E-state index contributed by atoms with van der Waals surface area (Å²) in [6, 6.07) is 0. The first-order valence-corrected chi connectivity index (χ1v) is 4.33. The van der Waals surface area contributed by atoms with E-state index >= 15 is 0 Å². The van der Waals surface area contributed by atoms with Gasteiger partial charge in [0.15, 0.2) is 0 Å². The maximum atomic E-state index is 11.4. The minimum absolute atomic E-state index is 0.0855. The fourth-order valence-electron chi connectivity index (χ4n) is 1.29. The van der Waals surface area contributed by atoms with Crippen LogP contribution in [0.15, 0.2) is 18.7 Å². The minimum Gasteiger partial charge on any atom is -0.323 e. The molecule has 0 spiro atoms. The first-order chi connectivity index (χ1) is 6.27. The van der Waals surface area contributed by atoms with Crippen LogP contribution in [0.3, 0.4) is 0 Å². The normalized spacial score (nSPS) is 25.3. The molecule has 2 rings (SSSR count). The van der Waals surface area contributed by atoms with Gasteiger partial charge in [0, 0.05) is 5.92 Å². The lowest BCUT2D eigenvalue weighted by atomic mass is 10.3. The maximum Gasteiger partial charge on any atom is 0.227 e. The van der Waals surface area contributed by atoms with Crippen molar-refractivity contribution in [1.82, 2.24) is 9.97 Å². The Labute approximate surface area is 76.4 Å². The molecule has 1 aromatic rings. The predicted octanol–water partition coefficient (Wildman–Crippen LogP) is 1.07. The summed E-state index contributed by atoms with van der Waals surface area (Å²) < 4.78 is 0. The molecule has 1 heterocycles. The molecule has 4 nitrogen and oxygen atoms in total. The lowest BCUT2D eigenvalue weighted by Gasteiger charge is -2.01. The molecular formula is C9H11N3O. The first kappa shape index (κ1) is 8.16. The number of hydrogen-bond donors (Lipinski definition) is 1. The van der Waals surface area contributed by atoms with E-state index in [9.17, 15) is 4.79 Å². The topological polar surface area (TPSA) is 54.9 Å². The van der Waals surface area contributed by atoms with Crippen molar-refractivity contribution in [2.24, 2.45) is 11.8 Å². The molecule has 0 saturated heterocycles. The highest BCUT2D eigenvalue weighted by atomic mass is 16.2. The summed E-state index contributed by atoms with van der Waals surface area (Å²) >= 11 is 0. The predicted molar refractivity (Wildman–Crippen MR) is 47.9 cm³/mol. The van der Waals surface area contributed by atoms with Crippen LogP contribution in [-0.2, 0) is 4.79 Å². The standard InChI is InChI=1S/C9H11N3O/c1-6-2-8(6)9(13)12-7-3-10-5-11-4-7/h3-6,8H,2H2,1H3,(H,12,13)/t6-,8-/m1/s1. The fourth-order valence-corrected chi connectivity index (χ4v) is 1.29. The van der Waals surface area contributed by atoms with Gasteiger partial charge in [-0.05, 0) is 12.3 Å². The third-order valence-electron chi connectivity index (χ3n) is 2.27. The van der Waals surface area contributed by atoms with Gasteiger partial charge in [-0.3, -0.25) is 4.79 Å². The Hall–Kier alpha value is -1.45. The van der Waals surface area contributed by atoms with Crippen molar-refractivity contribution in [1.29, 1.82) is 0 Å². The molecule has 1 saturated carbocycles. The molecular weight excluding hydrogens is 166 g/mol. The van der Waals surface area contributed by atoms with Crippen molar-refractivity contribution in [3.63, 3.8) is 0 Å². The average molecular weight is 177 g/mol. The summed E-state index contributed by atoms with van der Waals surface area (Å²) in [5.41, 5.74) is 0.673. The lowest BCUT2D eigenvalue weighted by Crippen LogP contribution is -2.14. The van der Waals surface area contributed by atoms with E-state index in [1.807, 2.05) is 0 Å². The van der Waals surface area contributed by atoms with Gasteiger partial charge >= 0.3 is 0 Å². The van der Waals surface area contributed by atoms with E-state index in [1.54, 1.807) is 12.4 Å². The van der Waals surface area contributed by atoms with Crippen LogP contribution in [0.2, 0.25) is 0 Å². The fraction of sp³-hybridized carbons (Fsp3) is 0.444. The molecule has 1 fully saturated rings. The van der Waals surface area contributed by atoms with Crippen molar-refractivity contribution in [2.75, 3.05) is 5.32 Å². The number of anilines is 1. The second-order valence-electron chi connectivity index (χ2n) is 3.44. The van der Waals surface area contributed by atoms with Crippen LogP contribution in [0.25, 0.3) is 0 Å². The zero-order valence-electron chi connectivity index (χ0n) is 7.40. The summed E-state index contributed by atoms with van der Waals surface area (Å²) in [7, 11) is 0. The molecule has 1 aromatic heterocycles. The third-order valence-corrected chi connectivity index (χ3v) is 2.27. The molecule has 0 radical (unpaired) electrons. The van der Waals surface area contributed by atoms with Gasteiger partial charge in [-0.25, -0.2) is 9.97 Å². The molecule has 4 heteroatoms. The summed E-state index contributed by atoms with van der Waals surface area (Å²) in [5, 5.41) is 2.77. The van der Waals surface area contributed by atoms with E-state index in [0.717, 1.165) is 6.42 Å². The average Bonchev–Trinajstić information content (AvgIpc) is 2.84. The first-order valence-electron chi connectivity index (χ1n) is 4.33. The van der Waals surface area contributed by atoms with E-state index in [1.165, 1.54) is 6.33 Å². The number of carbonyl (C=O) groups is 1. The summed E-state index contributed by atoms with van der Waals surface area (Å²) in [6.45, 7) is 2.08. The van der Waals surface area contributed by atoms with Crippen molar-refractivity contribution in [3.05, 3.63) is 18.7 Å². The molecule has 0 bridgehead atoms. The summed E-state index contributed by atoms with van der Waals surface area (Å²) in [6.07, 6.45) is 5.63. The second kappa shape index (κ2) is 3.12. The Bertz CT molecular complexity index is 312. The smallest absolute Gasteiger partial charge is 0.227 e. The quantitative estimate of drug-likeness (QED) is 0.735. The van der Waals surface area contributed by atoms with E-state index in [4.69, 9.17) is 0 Å². The van der Waals surface area contributed by atoms with Crippen molar-refractivity contribution in [2.45, 2.75) is 13.3 Å². The molecule has 2 atom stereocenters. The summed E-state index contributed by atoms with van der Waals surface area (Å²) in [5.74, 6) is 0.812. The molecule has 1 amide bonds. The number of amides is 1. The number of carbonyl (C=O) groups excluding carboxylic acids is 1. The Balaban J connectivity index is 1.95. The Kier molecular flexibility index (Phi) is 1.96. The largest absolute Gasteiger partial charge is 0.323 e. The Morgan fingerprint density at radius 1 is 1.54 bits per heavy atom. The van der Waals surface area contributed by atoms with Crippen molar-refractivity contribution < 1.29 is 4.79 Å². The third kappa shape index (κ3) is 1.83. The molecule has 0 aromatic carbocycles. The molecule has 1 aliphatic carbocycles. The van der Waals surface area contributed by atoms with Gasteiger partial charge in [-0.2, -0.15) is 0 Å². The van der Waals surface area contributed by atoms with Gasteiger partial charge in [-0.1, -0.05) is 6.92 Å². The van der Waals surface area contributed by atoms with Crippen LogP contribution in [0, 0.1) is 11.8 Å². The molecule has 1 aliphatic rings. The van der Waals surface area contributed by atoms with Crippen molar-refractivity contribution in [3.8, 4) is 0 Å². The van der Waals surface area contributed by atoms with Gasteiger partial charge in [0.25, 0.3) is 0 Å². The monoisotopic (exact) mass is 177 g/mol.